The Hall–Kier alpha value is 3.86. The summed E-state index contributed by atoms with van der Waals surface area (Å²) in [5.41, 5.74) is 0. The summed E-state index contributed by atoms with van der Waals surface area (Å²) in [5.74, 6) is 0. The molecule has 13 heavy (non-hydrogen) atoms. The average molecular weight is 279 g/mol. The molecule has 0 aromatic heterocycles. The molecule has 0 nitrogen and oxygen atoms in total. The Kier molecular flexibility index (Phi) is 1240. The molecule has 0 aromatic carbocycles. The zero-order chi connectivity index (χ0) is 8.00. The predicted octanol–water partition coefficient (Wildman–Crippen LogP) is 1.63. The van der Waals surface area contributed by atoms with Crippen molar-refractivity contribution in [2.75, 3.05) is 0 Å². The Labute approximate surface area is 187 Å². The van der Waals surface area contributed by atoms with Crippen molar-refractivity contribution in [3.05, 3.63) is 14.9 Å². The van der Waals surface area contributed by atoms with Crippen molar-refractivity contribution in [1.29, 1.82) is 0 Å². The van der Waals surface area contributed by atoms with Gasteiger partial charge in [-0.2, -0.15) is 0 Å². The second kappa shape index (κ2) is 235. The van der Waals surface area contributed by atoms with Crippen molar-refractivity contribution < 1.29 is 69.9 Å². The molecule has 0 N–H and O–H groups in total. The van der Waals surface area contributed by atoms with Gasteiger partial charge in [-0.3, -0.25) is 0 Å². The fourth-order valence-corrected chi connectivity index (χ4v) is 0. The van der Waals surface area contributed by atoms with Gasteiger partial charge >= 0.3 is 51.4 Å². The Morgan fingerprint density at radius 3 is 0.462 bits per heavy atom. The number of hydrogen-bond acceptors (Lipinski definition) is 0. The van der Waals surface area contributed by atoms with E-state index in [-0.39, 0.29) is 136 Å². The summed E-state index contributed by atoms with van der Waals surface area (Å²) in [4.78, 5) is 0. The first-order chi connectivity index (χ1) is 4.00. The first-order valence-electron chi connectivity index (χ1n) is 4.00. The van der Waals surface area contributed by atoms with Crippen molar-refractivity contribution in [2.24, 2.45) is 0 Å². The minimum Gasteiger partial charge on any atom is -0.358 e. The fraction of sp³-hybridized carbons (Fsp3) is 0.800. The first kappa shape index (κ1) is 68.7. The van der Waals surface area contributed by atoms with Crippen LogP contribution in [0, 0.1) is 14.9 Å². The minimum atomic E-state index is 0. The van der Waals surface area contributed by atoms with Gasteiger partial charge in [0.05, 0.1) is 0 Å². The third-order valence-electron chi connectivity index (χ3n) is 0. The molecule has 0 heterocycles. The molecule has 0 aliphatic carbocycles. The van der Waals surface area contributed by atoms with E-state index in [9.17, 15) is 0 Å². The van der Waals surface area contributed by atoms with Crippen molar-refractivity contribution >= 4 is 51.4 Å². The van der Waals surface area contributed by atoms with Crippen LogP contribution in [0.3, 0.4) is 0 Å². The fourth-order valence-electron chi connectivity index (χ4n) is 0. The molecule has 0 rings (SSSR count). The van der Waals surface area contributed by atoms with Gasteiger partial charge in [0.15, 0.2) is 0 Å². The summed E-state index contributed by atoms with van der Waals surface area (Å²) < 4.78 is 0. The van der Waals surface area contributed by atoms with Crippen LogP contribution >= 0.6 is 0 Å². The molecule has 0 saturated heterocycles. The Bertz CT molecular complexity index is 12.9. The minimum absolute atomic E-state index is 0. The van der Waals surface area contributed by atoms with Crippen LogP contribution in [0.1, 0.15) is 55.4 Å². The second-order valence-electron chi connectivity index (χ2n) is 0. The number of rotatable bonds is 0. The van der Waals surface area contributed by atoms with Crippen LogP contribution < -0.4 is 51.4 Å². The SMILES string of the molecule is CC.CC.CC.CC.[CH3-].[CH3-].[K+].[K].[V]. The maximum absolute atomic E-state index is 2.00. The summed E-state index contributed by atoms with van der Waals surface area (Å²) in [6.45, 7) is 16.0. The van der Waals surface area contributed by atoms with E-state index in [0.29, 0.717) is 0 Å². The Balaban J connectivity index is -0.00000000208. The predicted molar refractivity (Wildman–Crippen MR) is 64.0 cm³/mol. The van der Waals surface area contributed by atoms with Crippen molar-refractivity contribution in [3.8, 4) is 0 Å². The van der Waals surface area contributed by atoms with Crippen LogP contribution in [0.15, 0.2) is 0 Å². The molecule has 0 fully saturated rings. The monoisotopic (exact) mass is 279 g/mol. The molecule has 0 bridgehead atoms. The molecule has 0 aliphatic rings. The van der Waals surface area contributed by atoms with E-state index in [0.717, 1.165) is 0 Å². The van der Waals surface area contributed by atoms with Crippen LogP contribution in [-0.2, 0) is 18.6 Å². The van der Waals surface area contributed by atoms with Gasteiger partial charge in [-0.15, -0.1) is 0 Å². The maximum Gasteiger partial charge on any atom is 1.00 e. The molecule has 3 heteroatoms. The van der Waals surface area contributed by atoms with E-state index >= 15 is 0 Å². The molecule has 0 unspecified atom stereocenters. The zero-order valence-corrected chi connectivity index (χ0v) is 20.1. The molecule has 0 aliphatic heterocycles. The smallest absolute Gasteiger partial charge is 0.358 e. The summed E-state index contributed by atoms with van der Waals surface area (Å²) in [7, 11) is 0. The van der Waals surface area contributed by atoms with Crippen molar-refractivity contribution in [2.45, 2.75) is 55.4 Å². The van der Waals surface area contributed by atoms with Gasteiger partial charge in [0.2, 0.25) is 0 Å². The molecular formula is C10H30K2V-. The van der Waals surface area contributed by atoms with E-state index in [1.54, 1.807) is 0 Å². The van der Waals surface area contributed by atoms with Gasteiger partial charge in [-0.05, 0) is 0 Å². The third-order valence-corrected chi connectivity index (χ3v) is 0. The Morgan fingerprint density at radius 2 is 0.462 bits per heavy atom. The van der Waals surface area contributed by atoms with Crippen LogP contribution in [0.4, 0.5) is 0 Å². The molecule has 78 valence electrons. The van der Waals surface area contributed by atoms with E-state index in [4.69, 9.17) is 0 Å². The zero-order valence-electron chi connectivity index (χ0n) is 12.4. The molecule has 0 saturated carbocycles. The third kappa shape index (κ3) is 205. The van der Waals surface area contributed by atoms with Gasteiger partial charge in [0, 0.05) is 69.9 Å². The van der Waals surface area contributed by atoms with Gasteiger partial charge < -0.3 is 14.9 Å². The Morgan fingerprint density at radius 1 is 0.462 bits per heavy atom. The van der Waals surface area contributed by atoms with E-state index in [1.807, 2.05) is 55.4 Å². The summed E-state index contributed by atoms with van der Waals surface area (Å²) in [6, 6.07) is 0. The topological polar surface area (TPSA) is 0 Å². The van der Waals surface area contributed by atoms with E-state index in [2.05, 4.69) is 0 Å². The van der Waals surface area contributed by atoms with E-state index in [1.165, 1.54) is 0 Å². The summed E-state index contributed by atoms with van der Waals surface area (Å²) >= 11 is 0. The van der Waals surface area contributed by atoms with Crippen LogP contribution in [-0.4, -0.2) is 51.4 Å². The number of hydrogen-bond donors (Lipinski definition) is 0. The molecule has 0 spiro atoms. The van der Waals surface area contributed by atoms with Crippen LogP contribution in [0.25, 0.3) is 0 Å². The van der Waals surface area contributed by atoms with Gasteiger partial charge in [0.1, 0.15) is 0 Å². The van der Waals surface area contributed by atoms with Crippen molar-refractivity contribution in [3.63, 3.8) is 0 Å². The van der Waals surface area contributed by atoms with Crippen molar-refractivity contribution in [1.82, 2.24) is 0 Å². The summed E-state index contributed by atoms with van der Waals surface area (Å²) in [6.07, 6.45) is 0. The largest absolute Gasteiger partial charge is 1.00 e. The molecule has 2 radical (unpaired) electrons. The van der Waals surface area contributed by atoms with E-state index < -0.39 is 0 Å². The normalized spacial score (nSPS) is 1.85. The standard InChI is InChI=1S/4C2H6.2CH3.2K.V/c4*1-2;;;;;/h4*1-2H3;2*1H3;;;/q;;;;2*-1;;+1;. The molecule has 0 atom stereocenters. The first-order valence-corrected chi connectivity index (χ1v) is 4.00. The van der Waals surface area contributed by atoms with Gasteiger partial charge in [-0.1, -0.05) is 55.4 Å². The molecular weight excluding hydrogens is 249 g/mol. The molecule has 0 amide bonds. The second-order valence-corrected chi connectivity index (χ2v) is 0. The molecule has 0 aromatic rings. The maximum atomic E-state index is 2.00. The summed E-state index contributed by atoms with van der Waals surface area (Å²) in [5, 5.41) is 0. The van der Waals surface area contributed by atoms with Gasteiger partial charge in [0.25, 0.3) is 0 Å². The van der Waals surface area contributed by atoms with Gasteiger partial charge in [-0.25, -0.2) is 0 Å². The van der Waals surface area contributed by atoms with Crippen LogP contribution in [0.2, 0.25) is 0 Å². The quantitative estimate of drug-likeness (QED) is 0.467. The average Bonchev–Trinajstić information content (AvgIpc) is 2.03. The van der Waals surface area contributed by atoms with Crippen LogP contribution in [0.5, 0.6) is 0 Å².